The number of benzene rings is 7. The summed E-state index contributed by atoms with van der Waals surface area (Å²) >= 11 is -0.613. The number of para-hydroxylation sites is 1. The van der Waals surface area contributed by atoms with Crippen molar-refractivity contribution >= 4 is 68.1 Å². The van der Waals surface area contributed by atoms with Gasteiger partial charge in [0.2, 0.25) is 0 Å². The summed E-state index contributed by atoms with van der Waals surface area (Å²) in [7, 11) is 0. The number of aromatic nitrogens is 1. The molecule has 306 valence electrons. The van der Waals surface area contributed by atoms with E-state index in [1.807, 2.05) is 6.20 Å². The molecule has 0 fully saturated rings. The van der Waals surface area contributed by atoms with Crippen LogP contribution in [0.4, 0.5) is 39.9 Å². The molecule has 5 nitrogen and oxygen atoms in total. The monoisotopic (exact) mass is 924 g/mol. The summed E-state index contributed by atoms with van der Waals surface area (Å²) in [5, 5.41) is 0. The SMILES string of the molecule is CC(C)(C)c1ccnc(N2c3ccccc3[Te]c3ccc(Oc4cccc(N5CN(c6cc(-c7ccccc7)cc(-c7ccccc7)c6)c6ccc(C(C)(C)C)cc65)c4)cc32)c1. The number of pyridine rings is 1. The number of rotatable bonds is 7. The van der Waals surface area contributed by atoms with E-state index in [1.165, 1.54) is 57.7 Å². The van der Waals surface area contributed by atoms with E-state index in [1.54, 1.807) is 0 Å². The third kappa shape index (κ3) is 7.75. The molecule has 10 rings (SSSR count). The average molecular weight is 923 g/mol. The molecule has 0 radical (unpaired) electrons. The molecule has 1 aromatic heterocycles. The molecule has 0 saturated heterocycles. The molecule has 0 atom stereocenters. The normalized spacial score (nSPS) is 13.4. The second-order valence-corrected chi connectivity index (χ2v) is 21.3. The van der Waals surface area contributed by atoms with Gasteiger partial charge in [-0.3, -0.25) is 0 Å². The number of fused-ring (bicyclic) bond motifs is 3. The van der Waals surface area contributed by atoms with Crippen LogP contribution in [0.3, 0.4) is 0 Å². The fraction of sp³-hybridized carbons (Fsp3) is 0.161. The molecule has 0 N–H and O–H groups in total. The molecule has 0 unspecified atom stereocenters. The zero-order chi connectivity index (χ0) is 42.6. The molecule has 8 aromatic rings. The maximum absolute atomic E-state index is 6.83. The van der Waals surface area contributed by atoms with Gasteiger partial charge in [-0.25, -0.2) is 0 Å². The number of hydrogen-bond donors (Lipinski definition) is 0. The van der Waals surface area contributed by atoms with Gasteiger partial charge in [-0.2, -0.15) is 0 Å². The Morgan fingerprint density at radius 3 is 1.79 bits per heavy atom. The Labute approximate surface area is 376 Å². The van der Waals surface area contributed by atoms with E-state index in [2.05, 4.69) is 232 Å². The minimum absolute atomic E-state index is 0.00150. The quantitative estimate of drug-likeness (QED) is 0.149. The zero-order valence-corrected chi connectivity index (χ0v) is 38.5. The van der Waals surface area contributed by atoms with Crippen molar-refractivity contribution in [2.24, 2.45) is 0 Å². The maximum atomic E-state index is 6.83. The van der Waals surface area contributed by atoms with Gasteiger partial charge in [-0.05, 0) is 45.9 Å². The van der Waals surface area contributed by atoms with Crippen molar-refractivity contribution in [2.45, 2.75) is 52.4 Å². The molecule has 3 heterocycles. The molecule has 2 aliphatic heterocycles. The van der Waals surface area contributed by atoms with Crippen LogP contribution >= 0.6 is 0 Å². The third-order valence-electron chi connectivity index (χ3n) is 11.9. The first-order valence-electron chi connectivity index (χ1n) is 21.4. The van der Waals surface area contributed by atoms with Gasteiger partial charge in [0, 0.05) is 0 Å². The molecule has 2 aliphatic rings. The van der Waals surface area contributed by atoms with Gasteiger partial charge >= 0.3 is 245 Å². The van der Waals surface area contributed by atoms with Crippen LogP contribution < -0.4 is 26.7 Å². The van der Waals surface area contributed by atoms with Gasteiger partial charge in [0.1, 0.15) is 0 Å². The summed E-state index contributed by atoms with van der Waals surface area (Å²) in [6.45, 7) is 14.3. The number of hydrogen-bond acceptors (Lipinski definition) is 5. The molecule has 62 heavy (non-hydrogen) atoms. The second kappa shape index (κ2) is 15.9. The second-order valence-electron chi connectivity index (χ2n) is 18.2. The summed E-state index contributed by atoms with van der Waals surface area (Å²) in [6, 6.07) is 63.7. The fourth-order valence-electron chi connectivity index (χ4n) is 8.43. The Balaban J connectivity index is 1.02. The Morgan fingerprint density at radius 2 is 1.08 bits per heavy atom. The summed E-state index contributed by atoms with van der Waals surface area (Å²) in [5.74, 6) is 2.52. The van der Waals surface area contributed by atoms with Crippen LogP contribution in [0.1, 0.15) is 52.7 Å². The van der Waals surface area contributed by atoms with Crippen molar-refractivity contribution < 1.29 is 4.74 Å². The van der Waals surface area contributed by atoms with Crippen LogP contribution in [0.5, 0.6) is 11.5 Å². The Hall–Kier alpha value is -6.32. The molecule has 0 amide bonds. The van der Waals surface area contributed by atoms with Crippen molar-refractivity contribution in [1.82, 2.24) is 4.98 Å². The van der Waals surface area contributed by atoms with Gasteiger partial charge < -0.3 is 0 Å². The van der Waals surface area contributed by atoms with E-state index in [0.29, 0.717) is 6.67 Å². The van der Waals surface area contributed by atoms with Crippen LogP contribution in [0, 0.1) is 0 Å². The van der Waals surface area contributed by atoms with Crippen LogP contribution in [-0.2, 0) is 10.8 Å². The molecule has 0 spiro atoms. The van der Waals surface area contributed by atoms with E-state index < -0.39 is 20.9 Å². The predicted octanol–water partition coefficient (Wildman–Crippen LogP) is 13.5. The molecular weight excluding hydrogens is 872 g/mol. The summed E-state index contributed by atoms with van der Waals surface area (Å²) in [6.07, 6.45) is 1.94. The standard InChI is InChI=1S/C56H50N4OTe/c1-55(2,3)42-24-26-48-50(33-42)58(37-59(48)45-31-40(38-16-9-7-10-17-38)30-41(32-45)39-18-11-8-12-19-39)44-20-15-21-46(35-44)61-47-25-27-53-51(36-47)60(49-22-13-14-23-52(49)62-53)54-34-43(28-29-57-54)56(4,5)6/h7-36H,37H2,1-6H3. The van der Waals surface area contributed by atoms with Crippen molar-refractivity contribution in [2.75, 3.05) is 21.4 Å². The van der Waals surface area contributed by atoms with Gasteiger partial charge in [0.25, 0.3) is 0 Å². The number of anilines is 7. The van der Waals surface area contributed by atoms with Crippen LogP contribution in [0.15, 0.2) is 182 Å². The summed E-state index contributed by atoms with van der Waals surface area (Å²) in [4.78, 5) is 12.2. The first kappa shape index (κ1) is 39.8. The van der Waals surface area contributed by atoms with Crippen LogP contribution in [0.2, 0.25) is 0 Å². The van der Waals surface area contributed by atoms with E-state index in [-0.39, 0.29) is 10.8 Å². The Bertz CT molecular complexity index is 2880. The van der Waals surface area contributed by atoms with Crippen molar-refractivity contribution in [3.05, 3.63) is 193 Å². The number of nitrogens with zero attached hydrogens (tertiary/aromatic N) is 4. The van der Waals surface area contributed by atoms with Crippen molar-refractivity contribution in [1.29, 1.82) is 0 Å². The number of ether oxygens (including phenoxy) is 1. The van der Waals surface area contributed by atoms with Crippen molar-refractivity contribution in [3.8, 4) is 33.8 Å². The molecular formula is C56H50N4OTe. The van der Waals surface area contributed by atoms with Gasteiger partial charge in [-0.1, -0.05) is 87.5 Å². The van der Waals surface area contributed by atoms with E-state index in [0.717, 1.165) is 34.4 Å². The average Bonchev–Trinajstić information content (AvgIpc) is 3.68. The molecule has 0 saturated carbocycles. The molecule has 7 aromatic carbocycles. The van der Waals surface area contributed by atoms with E-state index >= 15 is 0 Å². The molecule has 6 heteroatoms. The Morgan fingerprint density at radius 1 is 0.452 bits per heavy atom. The topological polar surface area (TPSA) is 31.8 Å². The zero-order valence-electron chi connectivity index (χ0n) is 36.1. The van der Waals surface area contributed by atoms with Gasteiger partial charge in [0.05, 0.1) is 0 Å². The van der Waals surface area contributed by atoms with Crippen molar-refractivity contribution in [3.63, 3.8) is 0 Å². The first-order chi connectivity index (χ1) is 30.0. The van der Waals surface area contributed by atoms with Crippen LogP contribution in [0.25, 0.3) is 22.3 Å². The molecule has 0 bridgehead atoms. The fourth-order valence-corrected chi connectivity index (χ4v) is 11.4. The molecule has 0 aliphatic carbocycles. The first-order valence-corrected chi connectivity index (χ1v) is 23.7. The summed E-state index contributed by atoms with van der Waals surface area (Å²) < 4.78 is 9.61. The predicted molar refractivity (Wildman–Crippen MR) is 261 cm³/mol. The van der Waals surface area contributed by atoms with E-state index in [4.69, 9.17) is 9.72 Å². The third-order valence-corrected chi connectivity index (χ3v) is 15.1. The van der Waals surface area contributed by atoms with Gasteiger partial charge in [0.15, 0.2) is 0 Å². The Kier molecular flexibility index (Phi) is 10.2. The minimum atomic E-state index is -0.613. The summed E-state index contributed by atoms with van der Waals surface area (Å²) in [5.41, 5.74) is 14.2. The van der Waals surface area contributed by atoms with E-state index in [9.17, 15) is 0 Å². The van der Waals surface area contributed by atoms with Crippen LogP contribution in [-0.4, -0.2) is 32.6 Å². The van der Waals surface area contributed by atoms with Gasteiger partial charge in [-0.15, -0.1) is 0 Å².